The minimum Gasteiger partial charge on any atom is -0.490 e. The van der Waals surface area contributed by atoms with Crippen molar-refractivity contribution in [3.05, 3.63) is 36.2 Å². The van der Waals surface area contributed by atoms with Crippen molar-refractivity contribution in [1.29, 1.82) is 0 Å². The fourth-order valence-corrected chi connectivity index (χ4v) is 2.05. The number of aromatic nitrogens is 2. The number of benzene rings is 1. The Kier molecular flexibility index (Phi) is 4.98. The molecule has 0 saturated carbocycles. The molecule has 2 rings (SSSR count). The Balaban J connectivity index is 2.35. The number of aryl methyl sites for hydroxylation is 1. The third-order valence-electron chi connectivity index (χ3n) is 3.27. The summed E-state index contributed by atoms with van der Waals surface area (Å²) in [6.07, 6.45) is 2.58. The average Bonchev–Trinajstić information content (AvgIpc) is 2.52. The Labute approximate surface area is 126 Å². The van der Waals surface area contributed by atoms with Gasteiger partial charge in [-0.15, -0.1) is 0 Å². The second-order valence-electron chi connectivity index (χ2n) is 4.90. The van der Waals surface area contributed by atoms with Crippen LogP contribution in [-0.4, -0.2) is 30.7 Å². The third-order valence-corrected chi connectivity index (χ3v) is 3.27. The van der Waals surface area contributed by atoms with E-state index in [2.05, 4.69) is 53.4 Å². The van der Waals surface area contributed by atoms with Gasteiger partial charge in [0, 0.05) is 19.3 Å². The standard InChI is InChI=1S/C16H22N4O/c1-5-10-17-15-14(21-4)16(19-11-18-15)20(3)13-8-6-12(2)7-9-13/h6-9,11H,5,10H2,1-4H3,(H,17,18,19). The van der Waals surface area contributed by atoms with E-state index in [4.69, 9.17) is 4.74 Å². The fraction of sp³-hybridized carbons (Fsp3) is 0.375. The molecule has 1 N–H and O–H groups in total. The van der Waals surface area contributed by atoms with E-state index < -0.39 is 0 Å². The zero-order chi connectivity index (χ0) is 15.2. The Morgan fingerprint density at radius 2 is 1.90 bits per heavy atom. The van der Waals surface area contributed by atoms with Crippen LogP contribution in [0.4, 0.5) is 17.3 Å². The van der Waals surface area contributed by atoms with Crippen LogP contribution in [0.5, 0.6) is 5.75 Å². The van der Waals surface area contributed by atoms with Crippen molar-refractivity contribution in [3.8, 4) is 5.75 Å². The van der Waals surface area contributed by atoms with E-state index in [0.29, 0.717) is 5.75 Å². The molecule has 1 aromatic carbocycles. The molecule has 5 nitrogen and oxygen atoms in total. The molecule has 0 unspecified atom stereocenters. The summed E-state index contributed by atoms with van der Waals surface area (Å²) in [4.78, 5) is 10.6. The van der Waals surface area contributed by atoms with Crippen LogP contribution in [-0.2, 0) is 0 Å². The van der Waals surface area contributed by atoms with Gasteiger partial charge in [0.2, 0.25) is 5.75 Å². The molecule has 0 amide bonds. The molecule has 21 heavy (non-hydrogen) atoms. The highest BCUT2D eigenvalue weighted by Gasteiger charge is 2.16. The monoisotopic (exact) mass is 286 g/mol. The lowest BCUT2D eigenvalue weighted by Gasteiger charge is -2.22. The van der Waals surface area contributed by atoms with Crippen molar-refractivity contribution in [2.75, 3.05) is 30.9 Å². The average molecular weight is 286 g/mol. The summed E-state index contributed by atoms with van der Waals surface area (Å²) < 4.78 is 5.51. The van der Waals surface area contributed by atoms with Crippen LogP contribution in [0.2, 0.25) is 0 Å². The molecule has 0 spiro atoms. The van der Waals surface area contributed by atoms with E-state index in [1.165, 1.54) is 5.56 Å². The number of hydrogen-bond donors (Lipinski definition) is 1. The Hall–Kier alpha value is -2.30. The predicted octanol–water partition coefficient (Wildman–Crippen LogP) is 3.38. The van der Waals surface area contributed by atoms with Crippen molar-refractivity contribution in [3.63, 3.8) is 0 Å². The van der Waals surface area contributed by atoms with E-state index in [9.17, 15) is 0 Å². The van der Waals surface area contributed by atoms with Crippen LogP contribution in [0.15, 0.2) is 30.6 Å². The first-order valence-electron chi connectivity index (χ1n) is 7.10. The Bertz CT molecular complexity index is 583. The van der Waals surface area contributed by atoms with Crippen LogP contribution in [0.1, 0.15) is 18.9 Å². The SMILES string of the molecule is CCCNc1ncnc(N(C)c2ccc(C)cc2)c1OC. The number of rotatable bonds is 6. The number of nitrogens with zero attached hydrogens (tertiary/aromatic N) is 3. The van der Waals surface area contributed by atoms with Crippen molar-refractivity contribution in [1.82, 2.24) is 9.97 Å². The molecular weight excluding hydrogens is 264 g/mol. The zero-order valence-electron chi connectivity index (χ0n) is 13.1. The molecule has 2 aromatic rings. The van der Waals surface area contributed by atoms with Gasteiger partial charge in [-0.1, -0.05) is 24.6 Å². The molecule has 0 aliphatic rings. The maximum Gasteiger partial charge on any atom is 0.204 e. The number of methoxy groups -OCH3 is 1. The zero-order valence-corrected chi connectivity index (χ0v) is 13.1. The smallest absolute Gasteiger partial charge is 0.204 e. The summed E-state index contributed by atoms with van der Waals surface area (Å²) in [7, 11) is 3.61. The van der Waals surface area contributed by atoms with E-state index in [1.807, 2.05) is 11.9 Å². The summed E-state index contributed by atoms with van der Waals surface area (Å²) in [5.41, 5.74) is 2.28. The normalized spacial score (nSPS) is 10.3. The lowest BCUT2D eigenvalue weighted by molar-refractivity contribution is 0.413. The van der Waals surface area contributed by atoms with Crippen molar-refractivity contribution in [2.45, 2.75) is 20.3 Å². The molecule has 112 valence electrons. The molecule has 1 aromatic heterocycles. The molecule has 0 atom stereocenters. The van der Waals surface area contributed by atoms with Gasteiger partial charge >= 0.3 is 0 Å². The molecule has 0 saturated heterocycles. The van der Waals surface area contributed by atoms with Gasteiger partial charge in [-0.2, -0.15) is 0 Å². The molecule has 1 heterocycles. The highest BCUT2D eigenvalue weighted by molar-refractivity contribution is 5.71. The number of nitrogens with one attached hydrogen (secondary N) is 1. The lowest BCUT2D eigenvalue weighted by atomic mass is 10.2. The number of ether oxygens (including phenoxy) is 1. The van der Waals surface area contributed by atoms with Gasteiger partial charge in [0.05, 0.1) is 7.11 Å². The molecule has 0 aliphatic carbocycles. The molecular formula is C16H22N4O. The first-order valence-corrected chi connectivity index (χ1v) is 7.10. The predicted molar refractivity (Wildman–Crippen MR) is 86.6 cm³/mol. The van der Waals surface area contributed by atoms with Gasteiger partial charge in [-0.3, -0.25) is 0 Å². The van der Waals surface area contributed by atoms with Gasteiger partial charge in [0.15, 0.2) is 11.6 Å². The summed E-state index contributed by atoms with van der Waals surface area (Å²) >= 11 is 0. The van der Waals surface area contributed by atoms with Gasteiger partial charge in [-0.05, 0) is 25.5 Å². The van der Waals surface area contributed by atoms with Gasteiger partial charge in [-0.25, -0.2) is 9.97 Å². The maximum atomic E-state index is 5.51. The number of anilines is 3. The quantitative estimate of drug-likeness (QED) is 0.882. The van der Waals surface area contributed by atoms with Gasteiger partial charge in [0.1, 0.15) is 6.33 Å². The first kappa shape index (κ1) is 15.1. The second-order valence-corrected chi connectivity index (χ2v) is 4.90. The first-order chi connectivity index (χ1) is 10.2. The summed E-state index contributed by atoms with van der Waals surface area (Å²) in [5.74, 6) is 2.13. The summed E-state index contributed by atoms with van der Waals surface area (Å²) in [6, 6.07) is 8.29. The minimum absolute atomic E-state index is 0.661. The number of hydrogen-bond acceptors (Lipinski definition) is 5. The van der Waals surface area contributed by atoms with E-state index >= 15 is 0 Å². The third kappa shape index (κ3) is 3.42. The summed E-state index contributed by atoms with van der Waals surface area (Å²) in [5, 5.41) is 3.27. The summed E-state index contributed by atoms with van der Waals surface area (Å²) in [6.45, 7) is 5.03. The molecule has 0 aliphatic heterocycles. The van der Waals surface area contributed by atoms with Gasteiger partial charge in [0.25, 0.3) is 0 Å². The fourth-order valence-electron chi connectivity index (χ4n) is 2.05. The van der Waals surface area contributed by atoms with E-state index in [1.54, 1.807) is 13.4 Å². The van der Waals surface area contributed by atoms with E-state index in [-0.39, 0.29) is 0 Å². The molecule has 5 heteroatoms. The van der Waals surface area contributed by atoms with Crippen molar-refractivity contribution >= 4 is 17.3 Å². The van der Waals surface area contributed by atoms with Crippen LogP contribution >= 0.6 is 0 Å². The van der Waals surface area contributed by atoms with Crippen LogP contribution < -0.4 is 15.0 Å². The van der Waals surface area contributed by atoms with Crippen molar-refractivity contribution in [2.24, 2.45) is 0 Å². The highest BCUT2D eigenvalue weighted by atomic mass is 16.5. The molecule has 0 radical (unpaired) electrons. The van der Waals surface area contributed by atoms with Crippen LogP contribution in [0, 0.1) is 6.92 Å². The Morgan fingerprint density at radius 1 is 1.19 bits per heavy atom. The van der Waals surface area contributed by atoms with Crippen molar-refractivity contribution < 1.29 is 4.74 Å². The molecule has 0 fully saturated rings. The van der Waals surface area contributed by atoms with E-state index in [0.717, 1.165) is 30.3 Å². The highest BCUT2D eigenvalue weighted by Crippen LogP contribution is 2.34. The van der Waals surface area contributed by atoms with Gasteiger partial charge < -0.3 is 15.0 Å². The largest absolute Gasteiger partial charge is 0.490 e. The Morgan fingerprint density at radius 3 is 2.52 bits per heavy atom. The topological polar surface area (TPSA) is 50.3 Å². The molecule has 0 bridgehead atoms. The van der Waals surface area contributed by atoms with Crippen LogP contribution in [0.3, 0.4) is 0 Å². The lowest BCUT2D eigenvalue weighted by Crippen LogP contribution is -2.14. The minimum atomic E-state index is 0.661. The van der Waals surface area contributed by atoms with Crippen LogP contribution in [0.25, 0.3) is 0 Å². The second kappa shape index (κ2) is 6.92. The maximum absolute atomic E-state index is 5.51.